The van der Waals surface area contributed by atoms with E-state index in [9.17, 15) is 5.11 Å². The molecule has 6 heteroatoms. The van der Waals surface area contributed by atoms with Gasteiger partial charge in [-0.1, -0.05) is 0 Å². The van der Waals surface area contributed by atoms with E-state index < -0.39 is 6.10 Å². The summed E-state index contributed by atoms with van der Waals surface area (Å²) in [6.45, 7) is 3.22. The third-order valence-corrected chi connectivity index (χ3v) is 4.29. The van der Waals surface area contributed by atoms with Gasteiger partial charge in [0.2, 0.25) is 0 Å². The second kappa shape index (κ2) is 5.97. The molecule has 1 N–H and O–H groups in total. The van der Waals surface area contributed by atoms with Crippen molar-refractivity contribution in [2.75, 3.05) is 13.7 Å². The maximum absolute atomic E-state index is 10.4. The summed E-state index contributed by atoms with van der Waals surface area (Å²) in [6, 6.07) is 3.96. The summed E-state index contributed by atoms with van der Waals surface area (Å²) in [7, 11) is 1.65. The zero-order valence-electron chi connectivity index (χ0n) is 10.3. The van der Waals surface area contributed by atoms with Crippen molar-refractivity contribution in [1.29, 1.82) is 0 Å². The molecule has 0 aromatic carbocycles. The van der Waals surface area contributed by atoms with Gasteiger partial charge >= 0.3 is 0 Å². The van der Waals surface area contributed by atoms with Crippen LogP contribution in [0.5, 0.6) is 0 Å². The van der Waals surface area contributed by atoms with Gasteiger partial charge in [0.1, 0.15) is 6.10 Å². The highest BCUT2D eigenvalue weighted by Crippen LogP contribution is 2.32. The summed E-state index contributed by atoms with van der Waals surface area (Å²) < 4.78 is 7.63. The van der Waals surface area contributed by atoms with E-state index in [1.807, 2.05) is 19.1 Å². The van der Waals surface area contributed by atoms with Crippen molar-refractivity contribution in [1.82, 2.24) is 9.78 Å². The van der Waals surface area contributed by atoms with Gasteiger partial charge in [0, 0.05) is 16.9 Å². The molecule has 0 aliphatic carbocycles. The van der Waals surface area contributed by atoms with Gasteiger partial charge in [0.15, 0.2) is 0 Å². The lowest BCUT2D eigenvalue weighted by molar-refractivity contribution is 0.172. The molecule has 0 radical (unpaired) electrons. The highest BCUT2D eigenvalue weighted by Gasteiger charge is 2.20. The van der Waals surface area contributed by atoms with Crippen LogP contribution in [0.2, 0.25) is 0 Å². The van der Waals surface area contributed by atoms with E-state index in [1.54, 1.807) is 29.3 Å². The number of hydrogen-bond acceptors (Lipinski definition) is 4. The molecule has 0 spiro atoms. The van der Waals surface area contributed by atoms with Crippen molar-refractivity contribution < 1.29 is 9.84 Å². The van der Waals surface area contributed by atoms with E-state index in [4.69, 9.17) is 4.74 Å². The van der Waals surface area contributed by atoms with E-state index in [0.29, 0.717) is 13.2 Å². The molecule has 0 fully saturated rings. The van der Waals surface area contributed by atoms with Crippen molar-refractivity contribution in [2.24, 2.45) is 0 Å². The van der Waals surface area contributed by atoms with Crippen molar-refractivity contribution >= 4 is 27.3 Å². The Labute approximate surface area is 118 Å². The lowest BCUT2D eigenvalue weighted by Crippen LogP contribution is -2.13. The van der Waals surface area contributed by atoms with Crippen molar-refractivity contribution in [3.63, 3.8) is 0 Å². The molecule has 4 nitrogen and oxygen atoms in total. The molecule has 0 amide bonds. The highest BCUT2D eigenvalue weighted by atomic mass is 79.9. The first kappa shape index (κ1) is 13.7. The number of rotatable bonds is 5. The molecule has 1 atom stereocenters. The summed E-state index contributed by atoms with van der Waals surface area (Å²) in [5.74, 6) is 0. The van der Waals surface area contributed by atoms with Crippen LogP contribution in [0.4, 0.5) is 0 Å². The first-order valence-electron chi connectivity index (χ1n) is 5.58. The first-order valence-corrected chi connectivity index (χ1v) is 7.19. The monoisotopic (exact) mass is 330 g/mol. The first-order chi connectivity index (χ1) is 8.63. The van der Waals surface area contributed by atoms with Crippen LogP contribution in [-0.4, -0.2) is 28.6 Å². The van der Waals surface area contributed by atoms with E-state index in [0.717, 1.165) is 15.0 Å². The summed E-state index contributed by atoms with van der Waals surface area (Å²) in [5.41, 5.74) is 0.772. The maximum atomic E-state index is 10.4. The van der Waals surface area contributed by atoms with Crippen LogP contribution in [0.15, 0.2) is 22.8 Å². The minimum atomic E-state index is -0.655. The Balaban J connectivity index is 2.28. The zero-order chi connectivity index (χ0) is 13.1. The van der Waals surface area contributed by atoms with Gasteiger partial charge in [-0.3, -0.25) is 4.68 Å². The van der Waals surface area contributed by atoms with Crippen LogP contribution < -0.4 is 0 Å². The van der Waals surface area contributed by atoms with Gasteiger partial charge < -0.3 is 9.84 Å². The fourth-order valence-corrected chi connectivity index (χ4v) is 3.12. The number of methoxy groups -OCH3 is 1. The van der Waals surface area contributed by atoms with E-state index in [2.05, 4.69) is 21.0 Å². The fourth-order valence-electron chi connectivity index (χ4n) is 1.73. The summed E-state index contributed by atoms with van der Waals surface area (Å²) in [4.78, 5) is 2.11. The van der Waals surface area contributed by atoms with E-state index in [-0.39, 0.29) is 0 Å². The molecule has 2 aromatic heterocycles. The van der Waals surface area contributed by atoms with Crippen molar-refractivity contribution in [2.45, 2.75) is 19.6 Å². The molecule has 2 rings (SSSR count). The lowest BCUT2D eigenvalue weighted by Gasteiger charge is -2.12. The number of halogens is 1. The average molecular weight is 331 g/mol. The molecule has 0 aliphatic heterocycles. The summed E-state index contributed by atoms with van der Waals surface area (Å²) >= 11 is 5.03. The van der Waals surface area contributed by atoms with Gasteiger partial charge in [0.05, 0.1) is 29.5 Å². The molecule has 98 valence electrons. The zero-order valence-corrected chi connectivity index (χ0v) is 12.7. The Bertz CT molecular complexity index is 524. The van der Waals surface area contributed by atoms with Crippen molar-refractivity contribution in [3.8, 4) is 0 Å². The Morgan fingerprint density at radius 1 is 1.56 bits per heavy atom. The van der Waals surface area contributed by atoms with Crippen LogP contribution in [0, 0.1) is 6.92 Å². The van der Waals surface area contributed by atoms with Crippen LogP contribution >= 0.6 is 27.3 Å². The largest absolute Gasteiger partial charge is 0.383 e. The summed E-state index contributed by atoms with van der Waals surface area (Å²) in [6.07, 6.45) is 1.05. The Kier molecular flexibility index (Phi) is 4.55. The predicted octanol–water partition coefficient (Wildman–Crippen LogP) is 2.74. The van der Waals surface area contributed by atoms with Crippen LogP contribution in [-0.2, 0) is 11.3 Å². The molecule has 0 aliphatic rings. The Hall–Kier alpha value is -0.690. The third-order valence-electron chi connectivity index (χ3n) is 2.63. The predicted molar refractivity (Wildman–Crippen MR) is 74.9 cm³/mol. The van der Waals surface area contributed by atoms with Crippen LogP contribution in [0.3, 0.4) is 0 Å². The average Bonchev–Trinajstić information content (AvgIpc) is 2.92. The number of hydrogen-bond donors (Lipinski definition) is 1. The highest BCUT2D eigenvalue weighted by molar-refractivity contribution is 9.10. The van der Waals surface area contributed by atoms with Gasteiger partial charge in [-0.05, 0) is 35.0 Å². The van der Waals surface area contributed by atoms with Gasteiger partial charge in [0.25, 0.3) is 0 Å². The number of aryl methyl sites for hydroxylation is 1. The molecular weight excluding hydrogens is 316 g/mol. The Morgan fingerprint density at radius 2 is 2.33 bits per heavy atom. The third kappa shape index (κ3) is 2.83. The molecule has 18 heavy (non-hydrogen) atoms. The van der Waals surface area contributed by atoms with Gasteiger partial charge in [-0.25, -0.2) is 0 Å². The topological polar surface area (TPSA) is 47.3 Å². The number of aliphatic hydroxyl groups is 1. The smallest absolute Gasteiger partial charge is 0.131 e. The van der Waals surface area contributed by atoms with E-state index >= 15 is 0 Å². The second-order valence-corrected chi connectivity index (χ2v) is 6.12. The maximum Gasteiger partial charge on any atom is 0.131 e. The minimum Gasteiger partial charge on any atom is -0.383 e. The lowest BCUT2D eigenvalue weighted by atomic mass is 10.2. The number of thiophene rings is 1. The molecule has 0 saturated carbocycles. The van der Waals surface area contributed by atoms with Crippen LogP contribution in [0.25, 0.3) is 0 Å². The summed E-state index contributed by atoms with van der Waals surface area (Å²) in [5, 5.41) is 14.7. The molecule has 0 saturated heterocycles. The van der Waals surface area contributed by atoms with E-state index in [1.165, 1.54) is 4.88 Å². The van der Waals surface area contributed by atoms with Crippen molar-refractivity contribution in [3.05, 3.63) is 38.3 Å². The van der Waals surface area contributed by atoms with Crippen LogP contribution in [0.1, 0.15) is 21.6 Å². The number of ether oxygens (including phenoxy) is 1. The number of nitrogens with zero attached hydrogens (tertiary/aromatic N) is 2. The molecule has 0 bridgehead atoms. The van der Waals surface area contributed by atoms with Gasteiger partial charge in [-0.2, -0.15) is 5.10 Å². The quantitative estimate of drug-likeness (QED) is 0.916. The normalized spacial score (nSPS) is 12.9. The Morgan fingerprint density at radius 3 is 2.94 bits per heavy atom. The number of aromatic nitrogens is 2. The standard InChI is InChI=1S/C12H15BrN2O2S/c1-8-3-4-10(18-8)12(16)11-9(13)7-14-15(11)5-6-17-2/h3-4,7,12,16H,5-6H2,1-2H3. The SMILES string of the molecule is COCCn1ncc(Br)c1C(O)c1ccc(C)s1. The molecule has 2 heterocycles. The molecule has 1 unspecified atom stereocenters. The molecule has 2 aromatic rings. The second-order valence-electron chi connectivity index (χ2n) is 3.94. The molecular formula is C12H15BrN2O2S. The van der Waals surface area contributed by atoms with Gasteiger partial charge in [-0.15, -0.1) is 11.3 Å². The fraction of sp³-hybridized carbons (Fsp3) is 0.417. The minimum absolute atomic E-state index is 0.567. The number of aliphatic hydroxyl groups excluding tert-OH is 1.